The summed E-state index contributed by atoms with van der Waals surface area (Å²) in [6.07, 6.45) is 0. The standard InChI is InChI=1S/C13H19F2N3/c1-17-7-9-18(10-8-17)6-5-16-12-4-2-3-11(14)13(12)15/h2-4,16H,5-10H2,1H3. The van der Waals surface area contributed by atoms with Crippen LogP contribution in [0.3, 0.4) is 0 Å². The number of likely N-dealkylation sites (N-methyl/N-ethyl adjacent to an activating group) is 1. The van der Waals surface area contributed by atoms with E-state index in [4.69, 9.17) is 0 Å². The van der Waals surface area contributed by atoms with Crippen molar-refractivity contribution in [2.75, 3.05) is 51.6 Å². The topological polar surface area (TPSA) is 18.5 Å². The number of nitrogens with zero attached hydrogens (tertiary/aromatic N) is 2. The molecular formula is C13H19F2N3. The summed E-state index contributed by atoms with van der Waals surface area (Å²) < 4.78 is 26.3. The number of halogens is 2. The van der Waals surface area contributed by atoms with Gasteiger partial charge in [0.1, 0.15) is 0 Å². The van der Waals surface area contributed by atoms with Gasteiger partial charge in [-0.05, 0) is 19.2 Å². The Kier molecular flexibility index (Phi) is 4.49. The van der Waals surface area contributed by atoms with Gasteiger partial charge in [-0.3, -0.25) is 4.90 Å². The molecule has 18 heavy (non-hydrogen) atoms. The van der Waals surface area contributed by atoms with Gasteiger partial charge in [-0.25, -0.2) is 8.78 Å². The monoisotopic (exact) mass is 255 g/mol. The van der Waals surface area contributed by atoms with Gasteiger partial charge in [-0.2, -0.15) is 0 Å². The van der Waals surface area contributed by atoms with Crippen LogP contribution in [0.5, 0.6) is 0 Å². The number of hydrogen-bond acceptors (Lipinski definition) is 3. The van der Waals surface area contributed by atoms with Crippen molar-refractivity contribution in [3.05, 3.63) is 29.8 Å². The third-order valence-corrected chi connectivity index (χ3v) is 3.29. The summed E-state index contributed by atoms with van der Waals surface area (Å²) in [5, 5.41) is 2.94. The first-order chi connectivity index (χ1) is 8.66. The lowest BCUT2D eigenvalue weighted by Gasteiger charge is -2.32. The highest BCUT2D eigenvalue weighted by Crippen LogP contribution is 2.16. The van der Waals surface area contributed by atoms with E-state index in [2.05, 4.69) is 22.2 Å². The lowest BCUT2D eigenvalue weighted by molar-refractivity contribution is 0.158. The van der Waals surface area contributed by atoms with Crippen molar-refractivity contribution in [1.29, 1.82) is 0 Å². The summed E-state index contributed by atoms with van der Waals surface area (Å²) in [5.41, 5.74) is 0.240. The Labute approximate surface area is 106 Å². The molecule has 5 heteroatoms. The van der Waals surface area contributed by atoms with Crippen LogP contribution in [0.1, 0.15) is 0 Å². The van der Waals surface area contributed by atoms with Crippen LogP contribution in [0.25, 0.3) is 0 Å². The number of benzene rings is 1. The van der Waals surface area contributed by atoms with Gasteiger partial charge in [0.25, 0.3) is 0 Å². The Bertz CT molecular complexity index is 390. The molecule has 0 aromatic heterocycles. The molecule has 0 unspecified atom stereocenters. The molecule has 0 aliphatic carbocycles. The summed E-state index contributed by atoms with van der Waals surface area (Å²) in [6, 6.07) is 4.19. The molecule has 0 bridgehead atoms. The normalized spacial score (nSPS) is 17.9. The molecule has 1 heterocycles. The second-order valence-electron chi connectivity index (χ2n) is 4.67. The molecule has 0 atom stereocenters. The molecule has 1 saturated heterocycles. The molecule has 1 aromatic carbocycles. The van der Waals surface area contributed by atoms with Crippen molar-refractivity contribution in [2.24, 2.45) is 0 Å². The maximum absolute atomic E-state index is 13.4. The highest BCUT2D eigenvalue weighted by Gasteiger charge is 2.13. The third kappa shape index (κ3) is 3.40. The van der Waals surface area contributed by atoms with Gasteiger partial charge in [0.2, 0.25) is 0 Å². The minimum Gasteiger partial charge on any atom is -0.381 e. The van der Waals surface area contributed by atoms with Crippen molar-refractivity contribution in [2.45, 2.75) is 0 Å². The Morgan fingerprint density at radius 3 is 2.61 bits per heavy atom. The van der Waals surface area contributed by atoms with Crippen LogP contribution in [-0.4, -0.2) is 56.1 Å². The van der Waals surface area contributed by atoms with Gasteiger partial charge in [-0.15, -0.1) is 0 Å². The van der Waals surface area contributed by atoms with E-state index in [0.29, 0.717) is 6.54 Å². The van der Waals surface area contributed by atoms with Gasteiger partial charge >= 0.3 is 0 Å². The molecule has 1 aromatic rings. The predicted octanol–water partition coefficient (Wildman–Crippen LogP) is 1.62. The first-order valence-corrected chi connectivity index (χ1v) is 6.25. The minimum atomic E-state index is -0.806. The van der Waals surface area contributed by atoms with Gasteiger partial charge in [-0.1, -0.05) is 6.07 Å². The molecule has 0 saturated carbocycles. The minimum absolute atomic E-state index is 0.240. The van der Waals surface area contributed by atoms with E-state index >= 15 is 0 Å². The fraction of sp³-hybridized carbons (Fsp3) is 0.538. The summed E-state index contributed by atoms with van der Waals surface area (Å²) in [7, 11) is 2.11. The van der Waals surface area contributed by atoms with Gasteiger partial charge < -0.3 is 10.2 Å². The molecule has 1 N–H and O–H groups in total. The van der Waals surface area contributed by atoms with Crippen LogP contribution < -0.4 is 5.32 Å². The van der Waals surface area contributed by atoms with E-state index in [1.54, 1.807) is 6.07 Å². The molecule has 0 spiro atoms. The van der Waals surface area contributed by atoms with Crippen LogP contribution in [-0.2, 0) is 0 Å². The number of rotatable bonds is 4. The van der Waals surface area contributed by atoms with Crippen molar-refractivity contribution < 1.29 is 8.78 Å². The molecule has 1 aliphatic heterocycles. The Morgan fingerprint density at radius 2 is 1.89 bits per heavy atom. The Morgan fingerprint density at radius 1 is 1.17 bits per heavy atom. The number of anilines is 1. The second-order valence-corrected chi connectivity index (χ2v) is 4.67. The average Bonchev–Trinajstić information content (AvgIpc) is 2.37. The van der Waals surface area contributed by atoms with Crippen LogP contribution >= 0.6 is 0 Å². The molecule has 1 fully saturated rings. The maximum atomic E-state index is 13.4. The summed E-state index contributed by atoms with van der Waals surface area (Å²) in [4.78, 5) is 4.61. The molecule has 3 nitrogen and oxygen atoms in total. The van der Waals surface area contributed by atoms with E-state index in [1.807, 2.05) is 0 Å². The molecule has 100 valence electrons. The summed E-state index contributed by atoms with van der Waals surface area (Å²) in [6.45, 7) is 5.67. The maximum Gasteiger partial charge on any atom is 0.181 e. The van der Waals surface area contributed by atoms with Gasteiger partial charge in [0.05, 0.1) is 5.69 Å². The van der Waals surface area contributed by atoms with Crippen molar-refractivity contribution >= 4 is 5.69 Å². The van der Waals surface area contributed by atoms with Gasteiger partial charge in [0, 0.05) is 39.3 Å². The largest absolute Gasteiger partial charge is 0.381 e. The Balaban J connectivity index is 1.77. The predicted molar refractivity (Wildman–Crippen MR) is 68.8 cm³/mol. The highest BCUT2D eigenvalue weighted by molar-refractivity contribution is 5.44. The summed E-state index contributed by atoms with van der Waals surface area (Å²) in [5.74, 6) is -1.60. The van der Waals surface area contributed by atoms with Crippen LogP contribution in [0.15, 0.2) is 18.2 Å². The zero-order chi connectivity index (χ0) is 13.0. The third-order valence-electron chi connectivity index (χ3n) is 3.29. The number of hydrogen-bond donors (Lipinski definition) is 1. The first kappa shape index (κ1) is 13.2. The zero-order valence-corrected chi connectivity index (χ0v) is 10.6. The molecule has 0 amide bonds. The average molecular weight is 255 g/mol. The molecule has 0 radical (unpaired) electrons. The second kappa shape index (κ2) is 6.11. The summed E-state index contributed by atoms with van der Waals surface area (Å²) >= 11 is 0. The lowest BCUT2D eigenvalue weighted by Crippen LogP contribution is -2.45. The first-order valence-electron chi connectivity index (χ1n) is 6.25. The fourth-order valence-electron chi connectivity index (χ4n) is 2.06. The van der Waals surface area contributed by atoms with E-state index in [0.717, 1.165) is 38.8 Å². The van der Waals surface area contributed by atoms with E-state index in [1.165, 1.54) is 6.07 Å². The van der Waals surface area contributed by atoms with Crippen molar-refractivity contribution in [3.8, 4) is 0 Å². The Hall–Kier alpha value is -1.20. The number of nitrogens with one attached hydrogen (secondary N) is 1. The molecular weight excluding hydrogens is 236 g/mol. The van der Waals surface area contributed by atoms with E-state index < -0.39 is 11.6 Å². The van der Waals surface area contributed by atoms with Crippen molar-refractivity contribution in [3.63, 3.8) is 0 Å². The fourth-order valence-corrected chi connectivity index (χ4v) is 2.06. The quantitative estimate of drug-likeness (QED) is 0.882. The van der Waals surface area contributed by atoms with E-state index in [-0.39, 0.29) is 5.69 Å². The SMILES string of the molecule is CN1CCN(CCNc2cccc(F)c2F)CC1. The van der Waals surface area contributed by atoms with Crippen LogP contribution in [0.2, 0.25) is 0 Å². The molecule has 1 aliphatic rings. The smallest absolute Gasteiger partial charge is 0.181 e. The number of piperazine rings is 1. The van der Waals surface area contributed by atoms with E-state index in [9.17, 15) is 8.78 Å². The van der Waals surface area contributed by atoms with Crippen molar-refractivity contribution in [1.82, 2.24) is 9.80 Å². The molecule has 2 rings (SSSR count). The highest BCUT2D eigenvalue weighted by atomic mass is 19.2. The lowest BCUT2D eigenvalue weighted by atomic mass is 10.3. The zero-order valence-electron chi connectivity index (χ0n) is 10.6. The van der Waals surface area contributed by atoms with Gasteiger partial charge in [0.15, 0.2) is 11.6 Å². The van der Waals surface area contributed by atoms with Crippen LogP contribution in [0.4, 0.5) is 14.5 Å². The van der Waals surface area contributed by atoms with Crippen LogP contribution in [0, 0.1) is 11.6 Å².